The number of phosphoric ester groups is 1. The minimum Gasteiger partial charge on any atom is -0.463 e. The predicted octanol–water partition coefficient (Wildman–Crippen LogP) is 7.84. The molecule has 0 unspecified atom stereocenters. The van der Waals surface area contributed by atoms with Crippen molar-refractivity contribution in [2.24, 2.45) is 0 Å². The normalized spacial score (nSPS) is 11.3. The highest BCUT2D eigenvalue weighted by Crippen LogP contribution is 2.48. The van der Waals surface area contributed by atoms with Crippen LogP contribution >= 0.6 is 7.82 Å². The van der Waals surface area contributed by atoms with E-state index in [0.29, 0.717) is 26.2 Å². The van der Waals surface area contributed by atoms with Crippen LogP contribution in [0.4, 0.5) is 0 Å². The highest BCUT2D eigenvalue weighted by Gasteiger charge is 2.23. The summed E-state index contributed by atoms with van der Waals surface area (Å²) < 4.78 is 30.9. The van der Waals surface area contributed by atoms with E-state index in [9.17, 15) is 9.36 Å². The predicted molar refractivity (Wildman–Crippen MR) is 125 cm³/mol. The van der Waals surface area contributed by atoms with Gasteiger partial charge in [0.05, 0.1) is 25.9 Å². The molecule has 0 heterocycles. The van der Waals surface area contributed by atoms with Crippen molar-refractivity contribution >= 4 is 13.8 Å². The number of hydrogen-bond acceptors (Lipinski definition) is 6. The molecule has 0 N–H and O–H groups in total. The molecule has 0 saturated heterocycles. The number of carbonyl (C=O) groups excluding carboxylic acids is 1. The van der Waals surface area contributed by atoms with Gasteiger partial charge >= 0.3 is 13.8 Å². The number of hydrogen-bond donors (Lipinski definition) is 0. The monoisotopic (exact) mass is 452 g/mol. The molecule has 0 bridgehead atoms. The Morgan fingerprint density at radius 1 is 0.667 bits per heavy atom. The zero-order chi connectivity index (χ0) is 23.1. The van der Waals surface area contributed by atoms with Gasteiger partial charge in [-0.05, 0) is 41.0 Å². The molecule has 0 aliphatic carbocycles. The summed E-state index contributed by atoms with van der Waals surface area (Å²) in [6.07, 6.45) is 15.1. The van der Waals surface area contributed by atoms with Gasteiger partial charge in [0, 0.05) is 6.42 Å². The van der Waals surface area contributed by atoms with Crippen LogP contribution in [0.15, 0.2) is 0 Å². The third kappa shape index (κ3) is 23.9. The Bertz CT molecular complexity index is 391. The van der Waals surface area contributed by atoms with Crippen LogP contribution in [0, 0.1) is 0 Å². The fourth-order valence-electron chi connectivity index (χ4n) is 2.84. The van der Waals surface area contributed by atoms with Crippen molar-refractivity contribution in [1.29, 1.82) is 0 Å². The molecule has 0 saturated carbocycles. The van der Waals surface area contributed by atoms with Gasteiger partial charge in [-0.15, -0.1) is 0 Å². The Labute approximate surface area is 186 Å². The molecule has 0 spiro atoms. The van der Waals surface area contributed by atoms with Gasteiger partial charge in [0.2, 0.25) is 0 Å². The van der Waals surface area contributed by atoms with E-state index < -0.39 is 7.82 Å². The number of carbonyl (C=O) groups is 1. The van der Waals surface area contributed by atoms with Gasteiger partial charge < -0.3 is 4.74 Å². The van der Waals surface area contributed by atoms with Crippen molar-refractivity contribution in [2.45, 2.75) is 125 Å². The molecular formula is C23H49O6P. The van der Waals surface area contributed by atoms with E-state index in [1.165, 1.54) is 64.2 Å². The van der Waals surface area contributed by atoms with Gasteiger partial charge in [0.1, 0.15) is 0 Å². The third-order valence-electron chi connectivity index (χ3n) is 4.21. The van der Waals surface area contributed by atoms with E-state index in [0.717, 1.165) is 6.42 Å². The average molecular weight is 453 g/mol. The molecule has 0 radical (unpaired) electrons. The largest absolute Gasteiger partial charge is 0.474 e. The van der Waals surface area contributed by atoms with E-state index >= 15 is 0 Å². The molecule has 0 aromatic carbocycles. The van der Waals surface area contributed by atoms with E-state index in [1.807, 2.05) is 13.8 Å². The first-order valence-corrected chi connectivity index (χ1v) is 13.5. The molecule has 30 heavy (non-hydrogen) atoms. The zero-order valence-corrected chi connectivity index (χ0v) is 21.5. The number of ether oxygens (including phenoxy) is 1. The third-order valence-corrected chi connectivity index (χ3v) is 5.94. The van der Waals surface area contributed by atoms with Crippen molar-refractivity contribution < 1.29 is 27.7 Å². The molecule has 0 aromatic rings. The second kappa shape index (κ2) is 23.2. The maximum absolute atomic E-state index is 11.3. The first-order chi connectivity index (χ1) is 14.3. The topological polar surface area (TPSA) is 71.1 Å². The van der Waals surface area contributed by atoms with Gasteiger partial charge in [-0.3, -0.25) is 18.4 Å². The van der Waals surface area contributed by atoms with E-state index in [2.05, 4.69) is 6.92 Å². The first kappa shape index (κ1) is 31.8. The molecule has 0 aliphatic rings. The van der Waals surface area contributed by atoms with Crippen molar-refractivity contribution in [1.82, 2.24) is 0 Å². The van der Waals surface area contributed by atoms with E-state index in [4.69, 9.17) is 18.3 Å². The van der Waals surface area contributed by atoms with Crippen molar-refractivity contribution in [3.05, 3.63) is 0 Å². The second-order valence-corrected chi connectivity index (χ2v) is 9.19. The Hall–Kier alpha value is -0.420. The lowest BCUT2D eigenvalue weighted by Gasteiger charge is -2.14. The van der Waals surface area contributed by atoms with Crippen molar-refractivity contribution in [3.63, 3.8) is 0 Å². The van der Waals surface area contributed by atoms with Crippen molar-refractivity contribution in [2.75, 3.05) is 19.8 Å². The Morgan fingerprint density at radius 3 is 1.37 bits per heavy atom. The second-order valence-electron chi connectivity index (χ2n) is 7.52. The molecule has 0 aromatic heterocycles. The SMILES string of the molecule is CCCCCCCCCCCCCC(=O)OC(C)C.CCOP(=O)(OCC)OCC. The fourth-order valence-corrected chi connectivity index (χ4v) is 4.01. The minimum absolute atomic E-state index is 0.0280. The Morgan fingerprint density at radius 2 is 1.03 bits per heavy atom. The van der Waals surface area contributed by atoms with Gasteiger partial charge in [-0.2, -0.15) is 0 Å². The van der Waals surface area contributed by atoms with Crippen molar-refractivity contribution in [3.8, 4) is 0 Å². The highest BCUT2D eigenvalue weighted by molar-refractivity contribution is 7.48. The van der Waals surface area contributed by atoms with Crippen LogP contribution in [0.2, 0.25) is 0 Å². The molecule has 182 valence electrons. The number of unbranched alkanes of at least 4 members (excludes halogenated alkanes) is 10. The lowest BCUT2D eigenvalue weighted by Crippen LogP contribution is -2.10. The number of esters is 1. The molecule has 0 atom stereocenters. The summed E-state index contributed by atoms with van der Waals surface area (Å²) in [5.41, 5.74) is 0. The summed E-state index contributed by atoms with van der Waals surface area (Å²) in [5.74, 6) is -0.0362. The van der Waals surface area contributed by atoms with Gasteiger partial charge in [0.15, 0.2) is 0 Å². The lowest BCUT2D eigenvalue weighted by molar-refractivity contribution is -0.147. The van der Waals surface area contributed by atoms with E-state index in [1.54, 1.807) is 20.8 Å². The maximum Gasteiger partial charge on any atom is 0.474 e. The molecule has 0 amide bonds. The summed E-state index contributed by atoms with van der Waals surface area (Å²) >= 11 is 0. The van der Waals surface area contributed by atoms with Crippen LogP contribution in [0.1, 0.15) is 119 Å². The Kier molecular flexibility index (Phi) is 24.6. The summed E-state index contributed by atoms with van der Waals surface area (Å²) in [6, 6.07) is 0. The quantitative estimate of drug-likeness (QED) is 0.113. The van der Waals surface area contributed by atoms with Gasteiger partial charge in [-0.25, -0.2) is 4.57 Å². The average Bonchev–Trinajstić information content (AvgIpc) is 2.66. The van der Waals surface area contributed by atoms with Crippen LogP contribution in [-0.2, 0) is 27.7 Å². The fraction of sp³-hybridized carbons (Fsp3) is 0.957. The van der Waals surface area contributed by atoms with Crippen LogP contribution in [-0.4, -0.2) is 31.9 Å². The molecule has 6 nitrogen and oxygen atoms in total. The van der Waals surface area contributed by atoms with E-state index in [-0.39, 0.29) is 12.1 Å². The van der Waals surface area contributed by atoms with Crippen LogP contribution in [0.3, 0.4) is 0 Å². The minimum atomic E-state index is -3.22. The molecule has 0 fully saturated rings. The summed E-state index contributed by atoms with van der Waals surface area (Å²) in [5, 5.41) is 0. The number of phosphoric acid groups is 1. The molecule has 0 rings (SSSR count). The lowest BCUT2D eigenvalue weighted by atomic mass is 10.1. The zero-order valence-electron chi connectivity index (χ0n) is 20.6. The van der Waals surface area contributed by atoms with Gasteiger partial charge in [-0.1, -0.05) is 71.1 Å². The summed E-state index contributed by atoms with van der Waals surface area (Å²) in [6.45, 7) is 12.3. The standard InChI is InChI=1S/C17H34O2.C6H15O4P/c1-4-5-6-7-8-9-10-11-12-13-14-15-17(18)19-16(2)3;1-4-8-11(7,9-5-2)10-6-3/h16H,4-15H2,1-3H3;4-6H2,1-3H3. The molecule has 7 heteroatoms. The maximum atomic E-state index is 11.3. The van der Waals surface area contributed by atoms with Crippen LogP contribution in [0.25, 0.3) is 0 Å². The van der Waals surface area contributed by atoms with Gasteiger partial charge in [0.25, 0.3) is 0 Å². The smallest absolute Gasteiger partial charge is 0.463 e. The number of rotatable bonds is 19. The van der Waals surface area contributed by atoms with Crippen LogP contribution in [0.5, 0.6) is 0 Å². The molecule has 0 aliphatic heterocycles. The summed E-state index contributed by atoms with van der Waals surface area (Å²) in [7, 11) is -3.22. The molecular weight excluding hydrogens is 403 g/mol. The summed E-state index contributed by atoms with van der Waals surface area (Å²) in [4.78, 5) is 11.3. The van der Waals surface area contributed by atoms with Crippen LogP contribution < -0.4 is 0 Å². The first-order valence-electron chi connectivity index (χ1n) is 12.1. The highest BCUT2D eigenvalue weighted by atomic mass is 31.2. The Balaban J connectivity index is 0.